The van der Waals surface area contributed by atoms with E-state index in [1.807, 2.05) is 0 Å². The van der Waals surface area contributed by atoms with Crippen LogP contribution in [0.3, 0.4) is 0 Å². The van der Waals surface area contributed by atoms with Gasteiger partial charge in [-0.1, -0.05) is 6.42 Å². The summed E-state index contributed by atoms with van der Waals surface area (Å²) < 4.78 is 5.54. The fraction of sp³-hybridized carbons (Fsp3) is 0.938. The molecule has 1 saturated heterocycles. The number of morpholine rings is 1. The fourth-order valence-electron chi connectivity index (χ4n) is 4.58. The molecule has 3 rings (SSSR count). The molecule has 3 N–H and O–H groups in total. The highest BCUT2D eigenvalue weighted by Gasteiger charge is 2.42. The van der Waals surface area contributed by atoms with Crippen LogP contribution in [0.2, 0.25) is 0 Å². The van der Waals surface area contributed by atoms with Crippen molar-refractivity contribution >= 4 is 18.3 Å². The van der Waals surface area contributed by atoms with Gasteiger partial charge in [0, 0.05) is 25.7 Å². The highest BCUT2D eigenvalue weighted by atomic mass is 35.5. The van der Waals surface area contributed by atoms with Crippen LogP contribution >= 0.6 is 12.4 Å². The predicted octanol–water partition coefficient (Wildman–Crippen LogP) is 1.01. The molecule has 2 saturated carbocycles. The number of carbonyl (C=O) groups is 1. The third-order valence-corrected chi connectivity index (χ3v) is 5.68. The first-order valence-electron chi connectivity index (χ1n) is 8.49. The maximum atomic E-state index is 12.3. The maximum absolute atomic E-state index is 12.3. The Balaban J connectivity index is 0.00000176. The largest absolute Gasteiger partial charge is 0.374 e. The fourth-order valence-corrected chi connectivity index (χ4v) is 4.58. The number of amides is 1. The van der Waals surface area contributed by atoms with E-state index in [9.17, 15) is 4.79 Å². The van der Waals surface area contributed by atoms with Gasteiger partial charge in [0.25, 0.3) is 0 Å². The van der Waals surface area contributed by atoms with Crippen LogP contribution in [-0.2, 0) is 9.53 Å². The summed E-state index contributed by atoms with van der Waals surface area (Å²) in [6, 6.07) is 0.319. The number of nitrogens with two attached hydrogens (primary N) is 1. The van der Waals surface area contributed by atoms with E-state index in [1.54, 1.807) is 0 Å². The monoisotopic (exact) mass is 331 g/mol. The van der Waals surface area contributed by atoms with Gasteiger partial charge < -0.3 is 15.8 Å². The zero-order valence-electron chi connectivity index (χ0n) is 13.5. The molecule has 0 spiro atoms. The van der Waals surface area contributed by atoms with Gasteiger partial charge >= 0.3 is 0 Å². The summed E-state index contributed by atoms with van der Waals surface area (Å²) in [7, 11) is 0. The maximum Gasteiger partial charge on any atom is 0.234 e. The number of nitrogens with zero attached hydrogens (tertiary/aromatic N) is 1. The Morgan fingerprint density at radius 1 is 1.41 bits per heavy atom. The van der Waals surface area contributed by atoms with Crippen molar-refractivity contribution in [3.63, 3.8) is 0 Å². The first kappa shape index (κ1) is 18.0. The Hall–Kier alpha value is -0.360. The normalized spacial score (nSPS) is 35.9. The van der Waals surface area contributed by atoms with Crippen LogP contribution in [0.1, 0.15) is 32.6 Å². The van der Waals surface area contributed by atoms with Gasteiger partial charge in [-0.2, -0.15) is 0 Å². The summed E-state index contributed by atoms with van der Waals surface area (Å²) in [6.45, 7) is 5.46. The van der Waals surface area contributed by atoms with Crippen molar-refractivity contribution in [1.82, 2.24) is 10.2 Å². The molecule has 3 fully saturated rings. The molecule has 5 unspecified atom stereocenters. The molecule has 5 atom stereocenters. The second-order valence-corrected chi connectivity index (χ2v) is 7.16. The van der Waals surface area contributed by atoms with Crippen molar-refractivity contribution in [1.29, 1.82) is 0 Å². The summed E-state index contributed by atoms with van der Waals surface area (Å²) in [5, 5.41) is 3.23. The molecule has 3 aliphatic rings. The molecule has 0 aromatic rings. The van der Waals surface area contributed by atoms with Crippen molar-refractivity contribution in [3.8, 4) is 0 Å². The SMILES string of the molecule is CC(NC(=O)CN1CCOC(CN)C1)C1CC2CCC1C2.Cl. The van der Waals surface area contributed by atoms with E-state index in [4.69, 9.17) is 10.5 Å². The molecular formula is C16H30ClN3O2. The third-order valence-electron chi connectivity index (χ3n) is 5.68. The van der Waals surface area contributed by atoms with Crippen LogP contribution in [0.25, 0.3) is 0 Å². The van der Waals surface area contributed by atoms with Gasteiger partial charge in [0.2, 0.25) is 5.91 Å². The minimum Gasteiger partial charge on any atom is -0.374 e. The van der Waals surface area contributed by atoms with Crippen LogP contribution < -0.4 is 11.1 Å². The van der Waals surface area contributed by atoms with Gasteiger partial charge in [0.1, 0.15) is 0 Å². The zero-order valence-corrected chi connectivity index (χ0v) is 14.3. The second kappa shape index (κ2) is 7.95. The quantitative estimate of drug-likeness (QED) is 0.789. The molecule has 128 valence electrons. The highest BCUT2D eigenvalue weighted by molar-refractivity contribution is 5.85. The van der Waals surface area contributed by atoms with Crippen molar-refractivity contribution in [2.45, 2.75) is 44.8 Å². The molecule has 0 aromatic heterocycles. The van der Waals surface area contributed by atoms with E-state index < -0.39 is 0 Å². The van der Waals surface area contributed by atoms with Crippen LogP contribution in [0.15, 0.2) is 0 Å². The number of carbonyl (C=O) groups excluding carboxylic acids is 1. The highest BCUT2D eigenvalue weighted by Crippen LogP contribution is 2.49. The lowest BCUT2D eigenvalue weighted by molar-refractivity contribution is -0.125. The minimum absolute atomic E-state index is 0. The number of halogens is 1. The summed E-state index contributed by atoms with van der Waals surface area (Å²) >= 11 is 0. The molecule has 1 heterocycles. The van der Waals surface area contributed by atoms with E-state index in [0.29, 0.717) is 31.7 Å². The summed E-state index contributed by atoms with van der Waals surface area (Å²) in [5.41, 5.74) is 5.64. The summed E-state index contributed by atoms with van der Waals surface area (Å²) in [5.74, 6) is 2.65. The van der Waals surface area contributed by atoms with Crippen molar-refractivity contribution < 1.29 is 9.53 Å². The Bertz CT molecular complexity index is 382. The molecule has 22 heavy (non-hydrogen) atoms. The molecule has 1 aliphatic heterocycles. The first-order valence-corrected chi connectivity index (χ1v) is 8.49. The summed E-state index contributed by atoms with van der Waals surface area (Å²) in [4.78, 5) is 14.4. The molecular weight excluding hydrogens is 302 g/mol. The van der Waals surface area contributed by atoms with Gasteiger partial charge in [-0.15, -0.1) is 12.4 Å². The lowest BCUT2D eigenvalue weighted by Crippen LogP contribution is -2.50. The summed E-state index contributed by atoms with van der Waals surface area (Å²) in [6.07, 6.45) is 5.58. The Morgan fingerprint density at radius 2 is 2.23 bits per heavy atom. The first-order chi connectivity index (χ1) is 10.2. The van der Waals surface area contributed by atoms with Gasteiger partial charge in [-0.3, -0.25) is 9.69 Å². The molecule has 0 aromatic carbocycles. The molecule has 6 heteroatoms. The Morgan fingerprint density at radius 3 is 2.86 bits per heavy atom. The lowest BCUT2D eigenvalue weighted by atomic mass is 9.84. The van der Waals surface area contributed by atoms with Crippen LogP contribution in [0.4, 0.5) is 0 Å². The molecule has 5 nitrogen and oxygen atoms in total. The van der Waals surface area contributed by atoms with Crippen LogP contribution in [0, 0.1) is 17.8 Å². The van der Waals surface area contributed by atoms with Crippen molar-refractivity contribution in [3.05, 3.63) is 0 Å². The smallest absolute Gasteiger partial charge is 0.234 e. The van der Waals surface area contributed by atoms with E-state index >= 15 is 0 Å². The second-order valence-electron chi connectivity index (χ2n) is 7.16. The molecule has 2 bridgehead atoms. The van der Waals surface area contributed by atoms with E-state index in [0.717, 1.165) is 24.9 Å². The number of rotatable bonds is 5. The Labute approximate surface area is 139 Å². The van der Waals surface area contributed by atoms with E-state index in [2.05, 4.69) is 17.1 Å². The minimum atomic E-state index is 0. The molecule has 2 aliphatic carbocycles. The van der Waals surface area contributed by atoms with Gasteiger partial charge in [0.05, 0.1) is 19.3 Å². The average Bonchev–Trinajstić information content (AvgIpc) is 3.10. The third kappa shape index (κ3) is 4.13. The Kier molecular flexibility index (Phi) is 6.50. The molecule has 0 radical (unpaired) electrons. The van der Waals surface area contributed by atoms with Crippen molar-refractivity contribution in [2.24, 2.45) is 23.5 Å². The molecule has 1 amide bonds. The van der Waals surface area contributed by atoms with Gasteiger partial charge in [-0.25, -0.2) is 0 Å². The van der Waals surface area contributed by atoms with Crippen LogP contribution in [-0.4, -0.2) is 55.7 Å². The number of fused-ring (bicyclic) bond motifs is 2. The zero-order chi connectivity index (χ0) is 14.8. The number of nitrogens with one attached hydrogen (secondary N) is 1. The van der Waals surface area contributed by atoms with Gasteiger partial charge in [-0.05, 0) is 43.9 Å². The predicted molar refractivity (Wildman–Crippen MR) is 89.0 cm³/mol. The van der Waals surface area contributed by atoms with E-state index in [1.165, 1.54) is 25.7 Å². The van der Waals surface area contributed by atoms with Crippen molar-refractivity contribution in [2.75, 3.05) is 32.8 Å². The topological polar surface area (TPSA) is 67.6 Å². The standard InChI is InChI=1S/C16H29N3O2.ClH/c1-11(15-7-12-2-3-13(15)6-12)18-16(20)10-19-4-5-21-14(8-17)9-19;/h11-15H,2-10,17H2,1H3,(H,18,20);1H. The number of hydrogen-bond donors (Lipinski definition) is 2. The lowest BCUT2D eigenvalue weighted by Gasteiger charge is -2.33. The van der Waals surface area contributed by atoms with Crippen LogP contribution in [0.5, 0.6) is 0 Å². The number of hydrogen-bond acceptors (Lipinski definition) is 4. The average molecular weight is 332 g/mol. The van der Waals surface area contributed by atoms with Gasteiger partial charge in [0.15, 0.2) is 0 Å². The number of ether oxygens (including phenoxy) is 1. The van der Waals surface area contributed by atoms with E-state index in [-0.39, 0.29) is 24.4 Å².